The van der Waals surface area contributed by atoms with Gasteiger partial charge >= 0.3 is 0 Å². The molecule has 4 rings (SSSR count). The van der Waals surface area contributed by atoms with E-state index in [-0.39, 0.29) is 5.78 Å². The largest absolute Gasteiger partial charge is 0.493 e. The third-order valence-corrected chi connectivity index (χ3v) is 4.58. The van der Waals surface area contributed by atoms with Crippen molar-refractivity contribution in [2.24, 2.45) is 0 Å². The summed E-state index contributed by atoms with van der Waals surface area (Å²) in [6, 6.07) is 19.4. The summed E-state index contributed by atoms with van der Waals surface area (Å²) in [5.41, 5.74) is 4.10. The minimum atomic E-state index is -0.00578. The first kappa shape index (κ1) is 21.0. The van der Waals surface area contributed by atoms with Crippen molar-refractivity contribution in [2.75, 3.05) is 14.2 Å². The zero-order valence-electron chi connectivity index (χ0n) is 17.6. The van der Waals surface area contributed by atoms with Crippen LogP contribution >= 0.6 is 0 Å². The topological polar surface area (TPSA) is 65.7 Å². The predicted molar refractivity (Wildman–Crippen MR) is 117 cm³/mol. The SMILES string of the molecule is CCC(=O)c1cc2nccc(-c3ccc(OC)c(OC)c3)n2n1.Cc1ccccc1. The Kier molecular flexibility index (Phi) is 6.80. The lowest BCUT2D eigenvalue weighted by Crippen LogP contribution is -2.00. The van der Waals surface area contributed by atoms with E-state index in [1.54, 1.807) is 31.0 Å². The summed E-state index contributed by atoms with van der Waals surface area (Å²) in [7, 11) is 3.19. The van der Waals surface area contributed by atoms with Gasteiger partial charge in [-0.05, 0) is 31.2 Å². The van der Waals surface area contributed by atoms with Crippen molar-refractivity contribution in [2.45, 2.75) is 20.3 Å². The Bertz CT molecular complexity index is 1140. The summed E-state index contributed by atoms with van der Waals surface area (Å²) in [5.74, 6) is 1.28. The van der Waals surface area contributed by atoms with Gasteiger partial charge in [-0.25, -0.2) is 9.50 Å². The highest BCUT2D eigenvalue weighted by Crippen LogP contribution is 2.32. The summed E-state index contributed by atoms with van der Waals surface area (Å²) in [5, 5.41) is 4.39. The lowest BCUT2D eigenvalue weighted by atomic mass is 10.1. The molecule has 6 nitrogen and oxygen atoms in total. The second-order valence-corrected chi connectivity index (χ2v) is 6.63. The quantitative estimate of drug-likeness (QED) is 0.439. The first-order valence-electron chi connectivity index (χ1n) is 9.69. The van der Waals surface area contributed by atoms with Gasteiger partial charge in [-0.15, -0.1) is 0 Å². The Morgan fingerprint density at radius 3 is 2.30 bits per heavy atom. The number of methoxy groups -OCH3 is 2. The average Bonchev–Trinajstić information content (AvgIpc) is 3.23. The third kappa shape index (κ3) is 4.66. The molecule has 0 aliphatic carbocycles. The summed E-state index contributed by atoms with van der Waals surface area (Å²) in [6.45, 7) is 3.90. The number of ether oxygens (including phenoxy) is 2. The summed E-state index contributed by atoms with van der Waals surface area (Å²) in [4.78, 5) is 16.1. The van der Waals surface area contributed by atoms with Gasteiger partial charge in [-0.3, -0.25) is 4.79 Å². The fourth-order valence-corrected chi connectivity index (χ4v) is 2.96. The number of ketones is 1. The predicted octanol–water partition coefficient (Wildman–Crippen LogP) is 5.00. The van der Waals surface area contributed by atoms with E-state index >= 15 is 0 Å². The molecule has 0 saturated heterocycles. The van der Waals surface area contributed by atoms with E-state index < -0.39 is 0 Å². The van der Waals surface area contributed by atoms with Gasteiger partial charge < -0.3 is 9.47 Å². The molecule has 154 valence electrons. The molecule has 0 saturated carbocycles. The first-order valence-corrected chi connectivity index (χ1v) is 9.69. The third-order valence-electron chi connectivity index (χ3n) is 4.58. The van der Waals surface area contributed by atoms with Crippen molar-refractivity contribution < 1.29 is 14.3 Å². The molecule has 0 unspecified atom stereocenters. The number of rotatable bonds is 5. The van der Waals surface area contributed by atoms with Crippen molar-refractivity contribution in [3.8, 4) is 22.8 Å². The highest BCUT2D eigenvalue weighted by molar-refractivity contribution is 5.95. The lowest BCUT2D eigenvalue weighted by molar-refractivity contribution is 0.0983. The highest BCUT2D eigenvalue weighted by atomic mass is 16.5. The molecule has 0 aliphatic rings. The Morgan fingerprint density at radius 2 is 1.70 bits per heavy atom. The summed E-state index contributed by atoms with van der Waals surface area (Å²) in [6.07, 6.45) is 2.11. The van der Waals surface area contributed by atoms with Crippen LogP contribution in [0, 0.1) is 6.92 Å². The number of Topliss-reactive ketones (excluding diaryl/α,β-unsaturated/α-hetero) is 1. The molecule has 0 fully saturated rings. The molecule has 0 N–H and O–H groups in total. The van der Waals surface area contributed by atoms with Crippen LogP contribution in [-0.2, 0) is 0 Å². The number of aromatic nitrogens is 3. The number of aryl methyl sites for hydroxylation is 1. The molecule has 0 spiro atoms. The second-order valence-electron chi connectivity index (χ2n) is 6.63. The Hall–Kier alpha value is -3.67. The van der Waals surface area contributed by atoms with Crippen molar-refractivity contribution in [3.05, 3.63) is 78.1 Å². The van der Waals surface area contributed by atoms with Crippen molar-refractivity contribution in [1.82, 2.24) is 14.6 Å². The maximum atomic E-state index is 11.9. The molecule has 2 aromatic heterocycles. The Morgan fingerprint density at radius 1 is 0.967 bits per heavy atom. The van der Waals surface area contributed by atoms with E-state index in [0.29, 0.717) is 29.3 Å². The highest BCUT2D eigenvalue weighted by Gasteiger charge is 2.14. The molecule has 0 amide bonds. The van der Waals surface area contributed by atoms with Gasteiger partial charge in [0.1, 0.15) is 5.69 Å². The Balaban J connectivity index is 0.000000310. The van der Waals surface area contributed by atoms with Crippen LogP contribution in [0.2, 0.25) is 0 Å². The number of fused-ring (bicyclic) bond motifs is 1. The molecular formula is C24H25N3O3. The van der Waals surface area contributed by atoms with E-state index in [9.17, 15) is 4.79 Å². The molecule has 2 aromatic carbocycles. The zero-order chi connectivity index (χ0) is 21.5. The summed E-state index contributed by atoms with van der Waals surface area (Å²) < 4.78 is 12.3. The zero-order valence-corrected chi connectivity index (χ0v) is 17.6. The number of hydrogen-bond donors (Lipinski definition) is 0. The van der Waals surface area contributed by atoms with Gasteiger partial charge in [0.15, 0.2) is 22.9 Å². The van der Waals surface area contributed by atoms with Gasteiger partial charge in [0.25, 0.3) is 0 Å². The smallest absolute Gasteiger partial charge is 0.182 e. The standard InChI is InChI=1S/C17H17N3O3.C7H8/c1-4-14(21)12-10-17-18-8-7-13(20(17)19-12)11-5-6-15(22-2)16(9-11)23-3;1-7-5-3-2-4-6-7/h5-10H,4H2,1-3H3;2-6H,1H3. The molecule has 0 atom stereocenters. The van der Waals surface area contributed by atoms with Crippen LogP contribution < -0.4 is 9.47 Å². The van der Waals surface area contributed by atoms with Crippen LogP contribution in [0.1, 0.15) is 29.4 Å². The van der Waals surface area contributed by atoms with Crippen LogP contribution in [0.15, 0.2) is 66.9 Å². The van der Waals surface area contributed by atoms with E-state index in [1.807, 2.05) is 49.4 Å². The van der Waals surface area contributed by atoms with E-state index in [4.69, 9.17) is 9.47 Å². The van der Waals surface area contributed by atoms with Crippen LogP contribution in [0.25, 0.3) is 16.9 Å². The molecular weight excluding hydrogens is 378 g/mol. The van der Waals surface area contributed by atoms with Crippen molar-refractivity contribution in [3.63, 3.8) is 0 Å². The molecule has 2 heterocycles. The number of carbonyl (C=O) groups is 1. The molecule has 0 bridgehead atoms. The molecule has 4 aromatic rings. The maximum absolute atomic E-state index is 11.9. The van der Waals surface area contributed by atoms with Crippen LogP contribution in [-0.4, -0.2) is 34.6 Å². The van der Waals surface area contributed by atoms with Crippen LogP contribution in [0.5, 0.6) is 11.5 Å². The lowest BCUT2D eigenvalue weighted by Gasteiger charge is -2.10. The van der Waals surface area contributed by atoms with Gasteiger partial charge in [0, 0.05) is 24.2 Å². The summed E-state index contributed by atoms with van der Waals surface area (Å²) >= 11 is 0. The minimum Gasteiger partial charge on any atom is -0.493 e. The van der Waals surface area contributed by atoms with E-state index in [1.165, 1.54) is 5.56 Å². The van der Waals surface area contributed by atoms with E-state index in [2.05, 4.69) is 29.1 Å². The monoisotopic (exact) mass is 403 g/mol. The van der Waals surface area contributed by atoms with E-state index in [0.717, 1.165) is 11.3 Å². The fraction of sp³-hybridized carbons (Fsp3) is 0.208. The van der Waals surface area contributed by atoms with Crippen molar-refractivity contribution >= 4 is 11.4 Å². The number of carbonyl (C=O) groups excluding carboxylic acids is 1. The molecule has 30 heavy (non-hydrogen) atoms. The first-order chi connectivity index (χ1) is 14.6. The number of hydrogen-bond acceptors (Lipinski definition) is 5. The van der Waals surface area contributed by atoms with Crippen molar-refractivity contribution in [1.29, 1.82) is 0 Å². The van der Waals surface area contributed by atoms with Gasteiger partial charge in [0.05, 0.1) is 19.9 Å². The molecule has 0 radical (unpaired) electrons. The average molecular weight is 403 g/mol. The number of benzene rings is 2. The molecule has 0 aliphatic heterocycles. The van der Waals surface area contributed by atoms with Crippen LogP contribution in [0.3, 0.4) is 0 Å². The number of nitrogens with zero attached hydrogens (tertiary/aromatic N) is 3. The second kappa shape index (κ2) is 9.69. The van der Waals surface area contributed by atoms with Crippen LogP contribution in [0.4, 0.5) is 0 Å². The van der Waals surface area contributed by atoms with Gasteiger partial charge in [-0.1, -0.05) is 42.8 Å². The minimum absolute atomic E-state index is 0.00578. The fourth-order valence-electron chi connectivity index (χ4n) is 2.96. The maximum Gasteiger partial charge on any atom is 0.182 e. The normalized spacial score (nSPS) is 10.3. The Labute approximate surface area is 176 Å². The molecule has 6 heteroatoms. The van der Waals surface area contributed by atoms with Gasteiger partial charge in [-0.2, -0.15) is 5.10 Å². The van der Waals surface area contributed by atoms with Gasteiger partial charge in [0.2, 0.25) is 0 Å².